The highest BCUT2D eigenvalue weighted by Gasteiger charge is 2.69. The fourth-order valence-corrected chi connectivity index (χ4v) is 7.47. The fraction of sp³-hybridized carbons (Fsp3) is 0.667. The molecular formula is C21H30N6O5S. The summed E-state index contributed by atoms with van der Waals surface area (Å²) in [5.74, 6) is -1.86. The maximum absolute atomic E-state index is 13.2. The Morgan fingerprint density at radius 2 is 1.91 bits per heavy atom. The summed E-state index contributed by atoms with van der Waals surface area (Å²) < 4.78 is -1.18. The molecule has 0 aromatic carbocycles. The Bertz CT molecular complexity index is 904. The SMILES string of the molecule is CC1C=C(C(=O)O)N2C(=O)C(SC3CC(C(=O)N4CCN(C=N)CC4)N(C=N)C3)(C(C)O)[C@H]12. The molecule has 4 heterocycles. The number of amides is 2. The Labute approximate surface area is 196 Å². The Hall–Kier alpha value is -2.60. The maximum atomic E-state index is 13.2. The van der Waals surface area contributed by atoms with Gasteiger partial charge in [0.2, 0.25) is 11.8 Å². The van der Waals surface area contributed by atoms with Crippen LogP contribution in [-0.2, 0) is 14.4 Å². The minimum absolute atomic E-state index is 0.0426. The van der Waals surface area contributed by atoms with Gasteiger partial charge in [-0.15, -0.1) is 11.8 Å². The summed E-state index contributed by atoms with van der Waals surface area (Å²) in [5.41, 5.74) is -0.0426. The highest BCUT2D eigenvalue weighted by molar-refractivity contribution is 8.02. The number of aliphatic hydroxyl groups is 1. The molecule has 0 radical (unpaired) electrons. The number of rotatable bonds is 7. The number of carbonyl (C=O) groups excluding carboxylic acids is 2. The number of likely N-dealkylation sites (tertiary alicyclic amines) is 1. The summed E-state index contributed by atoms with van der Waals surface area (Å²) in [7, 11) is 0. The Morgan fingerprint density at radius 3 is 2.45 bits per heavy atom. The number of carboxylic acids is 1. The topological polar surface area (TPSA) is 152 Å². The molecule has 0 spiro atoms. The van der Waals surface area contributed by atoms with Crippen molar-refractivity contribution in [2.45, 2.75) is 48.5 Å². The van der Waals surface area contributed by atoms with Gasteiger partial charge in [-0.05, 0) is 25.3 Å². The lowest BCUT2D eigenvalue weighted by Gasteiger charge is -2.56. The Morgan fingerprint density at radius 1 is 1.24 bits per heavy atom. The van der Waals surface area contributed by atoms with E-state index < -0.39 is 34.8 Å². The number of aliphatic hydroxyl groups excluding tert-OH is 1. The standard InChI is InChI=1S/C21H30N6O5S/c1-12-7-16(19(30)31)27-17(12)21(13(2)28,20(27)32)33-14-8-15(26(9-14)11-23)18(29)25-5-3-24(10-22)4-6-25/h7,10-15,17,22-23,28H,3-6,8-9H2,1-2H3,(H,30,31)/t12?,13?,14?,15?,17-,21?/m0/s1. The van der Waals surface area contributed by atoms with Crippen LogP contribution < -0.4 is 0 Å². The molecule has 4 aliphatic heterocycles. The van der Waals surface area contributed by atoms with Gasteiger partial charge >= 0.3 is 5.97 Å². The number of hydrogen-bond donors (Lipinski definition) is 4. The summed E-state index contributed by atoms with van der Waals surface area (Å²) >= 11 is 1.32. The van der Waals surface area contributed by atoms with Gasteiger partial charge in [0.25, 0.3) is 0 Å². The fourth-order valence-electron chi connectivity index (χ4n) is 5.54. The maximum Gasteiger partial charge on any atom is 0.352 e. The number of carbonyl (C=O) groups is 3. The second-order valence-electron chi connectivity index (χ2n) is 9.11. The molecule has 6 atom stereocenters. The van der Waals surface area contributed by atoms with Crippen LogP contribution in [-0.4, -0.2) is 121 Å². The Balaban J connectivity index is 1.49. The minimum Gasteiger partial charge on any atom is -0.477 e. The molecule has 4 aliphatic rings. The first-order chi connectivity index (χ1) is 15.6. The zero-order valence-corrected chi connectivity index (χ0v) is 19.5. The molecule has 5 unspecified atom stereocenters. The zero-order chi connectivity index (χ0) is 24.1. The Kier molecular flexibility index (Phi) is 6.16. The number of thioether (sulfide) groups is 1. The molecule has 0 bridgehead atoms. The average molecular weight is 479 g/mol. The number of hydrogen-bond acceptors (Lipinski definition) is 7. The van der Waals surface area contributed by atoms with E-state index >= 15 is 0 Å². The van der Waals surface area contributed by atoms with Gasteiger partial charge in [-0.25, -0.2) is 4.79 Å². The zero-order valence-electron chi connectivity index (χ0n) is 18.7. The molecule has 4 rings (SSSR count). The summed E-state index contributed by atoms with van der Waals surface area (Å²) in [6, 6.07) is -0.976. The predicted octanol–water partition coefficient (Wildman–Crippen LogP) is -0.531. The highest BCUT2D eigenvalue weighted by Crippen LogP contribution is 2.55. The van der Waals surface area contributed by atoms with Crippen molar-refractivity contribution in [1.29, 1.82) is 10.8 Å². The quantitative estimate of drug-likeness (QED) is 0.216. The second-order valence-corrected chi connectivity index (χ2v) is 10.7. The first-order valence-electron chi connectivity index (χ1n) is 11.1. The number of fused-ring (bicyclic) bond motifs is 1. The molecule has 0 saturated carbocycles. The normalized spacial score (nSPS) is 34.5. The van der Waals surface area contributed by atoms with Crippen LogP contribution in [0.15, 0.2) is 11.8 Å². The van der Waals surface area contributed by atoms with Gasteiger partial charge in [-0.3, -0.25) is 25.3 Å². The second kappa shape index (κ2) is 8.64. The largest absolute Gasteiger partial charge is 0.477 e. The van der Waals surface area contributed by atoms with Crippen molar-refractivity contribution >= 4 is 42.2 Å². The number of nitrogens with one attached hydrogen (secondary N) is 2. The molecule has 4 N–H and O–H groups in total. The third-order valence-electron chi connectivity index (χ3n) is 7.21. The summed E-state index contributed by atoms with van der Waals surface area (Å²) in [4.78, 5) is 44.6. The lowest BCUT2D eigenvalue weighted by Crippen LogP contribution is -2.76. The van der Waals surface area contributed by atoms with Gasteiger partial charge in [0, 0.05) is 38.0 Å². The van der Waals surface area contributed by atoms with Crippen molar-refractivity contribution < 1.29 is 24.6 Å². The van der Waals surface area contributed by atoms with E-state index in [0.717, 1.165) is 6.34 Å². The first-order valence-corrected chi connectivity index (χ1v) is 12.0. The summed E-state index contributed by atoms with van der Waals surface area (Å²) in [5, 5.41) is 35.1. The molecule has 3 fully saturated rings. The summed E-state index contributed by atoms with van der Waals surface area (Å²) in [6.07, 6.45) is 3.43. The van der Waals surface area contributed by atoms with Gasteiger partial charge in [-0.2, -0.15) is 0 Å². The van der Waals surface area contributed by atoms with Crippen molar-refractivity contribution in [3.63, 3.8) is 0 Å². The van der Waals surface area contributed by atoms with Crippen LogP contribution in [0.1, 0.15) is 20.3 Å². The molecule has 2 amide bonds. The monoisotopic (exact) mass is 478 g/mol. The van der Waals surface area contributed by atoms with E-state index in [1.54, 1.807) is 22.8 Å². The van der Waals surface area contributed by atoms with E-state index in [9.17, 15) is 24.6 Å². The van der Waals surface area contributed by atoms with Crippen molar-refractivity contribution in [1.82, 2.24) is 19.6 Å². The van der Waals surface area contributed by atoms with Crippen LogP contribution >= 0.6 is 11.8 Å². The van der Waals surface area contributed by atoms with E-state index in [1.807, 2.05) is 11.8 Å². The molecule has 33 heavy (non-hydrogen) atoms. The lowest BCUT2D eigenvalue weighted by molar-refractivity contribution is -0.158. The van der Waals surface area contributed by atoms with Crippen molar-refractivity contribution in [2.75, 3.05) is 32.7 Å². The number of aliphatic carboxylic acids is 1. The minimum atomic E-state index is -1.18. The predicted molar refractivity (Wildman–Crippen MR) is 122 cm³/mol. The third kappa shape index (κ3) is 3.59. The molecule has 180 valence electrons. The number of nitrogens with zero attached hydrogens (tertiary/aromatic N) is 4. The van der Waals surface area contributed by atoms with E-state index in [4.69, 9.17) is 10.8 Å². The van der Waals surface area contributed by atoms with Crippen molar-refractivity contribution in [3.8, 4) is 0 Å². The van der Waals surface area contributed by atoms with E-state index in [0.29, 0.717) is 39.1 Å². The van der Waals surface area contributed by atoms with Crippen LogP contribution in [0.25, 0.3) is 0 Å². The van der Waals surface area contributed by atoms with Gasteiger partial charge < -0.3 is 24.9 Å². The molecule has 0 aliphatic carbocycles. The number of β-lactam (4-membered cyclic amide) rings is 1. The van der Waals surface area contributed by atoms with Crippen LogP contribution in [0.2, 0.25) is 0 Å². The lowest BCUT2D eigenvalue weighted by atomic mass is 9.78. The smallest absolute Gasteiger partial charge is 0.352 e. The van der Waals surface area contributed by atoms with E-state index in [1.165, 1.54) is 23.0 Å². The van der Waals surface area contributed by atoms with Gasteiger partial charge in [-0.1, -0.05) is 6.92 Å². The van der Waals surface area contributed by atoms with Crippen molar-refractivity contribution in [3.05, 3.63) is 11.8 Å². The van der Waals surface area contributed by atoms with E-state index in [2.05, 4.69) is 0 Å². The number of carboxylic acid groups (broad SMARTS) is 1. The molecule has 0 aromatic rings. The summed E-state index contributed by atoms with van der Waals surface area (Å²) in [6.45, 7) is 6.02. The van der Waals surface area contributed by atoms with Gasteiger partial charge in [0.1, 0.15) is 16.5 Å². The third-order valence-corrected chi connectivity index (χ3v) is 9.03. The van der Waals surface area contributed by atoms with Gasteiger partial charge in [0.05, 0.1) is 24.8 Å². The highest BCUT2D eigenvalue weighted by atomic mass is 32.2. The van der Waals surface area contributed by atoms with Gasteiger partial charge in [0.15, 0.2) is 0 Å². The molecule has 0 aromatic heterocycles. The first kappa shape index (κ1) is 23.6. The average Bonchev–Trinajstić information content (AvgIpc) is 3.35. The van der Waals surface area contributed by atoms with E-state index in [-0.39, 0.29) is 22.8 Å². The van der Waals surface area contributed by atoms with Crippen LogP contribution in [0.5, 0.6) is 0 Å². The van der Waals surface area contributed by atoms with Crippen LogP contribution in [0.4, 0.5) is 0 Å². The molecule has 12 heteroatoms. The van der Waals surface area contributed by atoms with Crippen LogP contribution in [0.3, 0.4) is 0 Å². The molecule has 3 saturated heterocycles. The van der Waals surface area contributed by atoms with Crippen molar-refractivity contribution in [2.24, 2.45) is 5.92 Å². The molecular weight excluding hydrogens is 448 g/mol. The van der Waals surface area contributed by atoms with Crippen LogP contribution in [0, 0.1) is 16.7 Å². The molecule has 11 nitrogen and oxygen atoms in total. The number of piperazine rings is 1.